The van der Waals surface area contributed by atoms with Crippen molar-refractivity contribution in [3.05, 3.63) is 70.2 Å². The van der Waals surface area contributed by atoms with E-state index in [1.807, 2.05) is 0 Å². The number of rotatable bonds is 5. The maximum absolute atomic E-state index is 14.1. The van der Waals surface area contributed by atoms with Gasteiger partial charge in [0.25, 0.3) is 5.91 Å². The summed E-state index contributed by atoms with van der Waals surface area (Å²) in [7, 11) is -3.98. The fourth-order valence-corrected chi connectivity index (χ4v) is 5.82. The number of amides is 1. The average molecular weight is 465 g/mol. The predicted molar refractivity (Wildman–Crippen MR) is 111 cm³/mol. The molecule has 4 rings (SSSR count). The standard InChI is InChI=1S/C20H18F2N4O3S2/c21-14-7-9-15(10-8-14)23-18(27)20-25-24-19(30-20)13-4-3-11-26(12-13)31(28,29)17-6-2-1-5-16(17)22/h1-2,5-10,13H,3-4,11-12H2,(H,23,27)/t13-/m0/s1. The molecule has 0 aliphatic carbocycles. The van der Waals surface area contributed by atoms with Crippen molar-refractivity contribution in [1.29, 1.82) is 0 Å². The van der Waals surface area contributed by atoms with Crippen molar-refractivity contribution in [1.82, 2.24) is 14.5 Å². The highest BCUT2D eigenvalue weighted by Gasteiger charge is 2.34. The van der Waals surface area contributed by atoms with Crippen LogP contribution >= 0.6 is 11.3 Å². The van der Waals surface area contributed by atoms with Crippen LogP contribution in [0.25, 0.3) is 0 Å². The number of aromatic nitrogens is 2. The Labute approximate surface area is 181 Å². The molecule has 0 radical (unpaired) electrons. The summed E-state index contributed by atoms with van der Waals surface area (Å²) in [6, 6.07) is 10.6. The Morgan fingerprint density at radius 2 is 1.84 bits per heavy atom. The number of nitrogens with zero attached hydrogens (tertiary/aromatic N) is 3. The average Bonchev–Trinajstić information content (AvgIpc) is 3.26. The second-order valence-electron chi connectivity index (χ2n) is 7.04. The quantitative estimate of drug-likeness (QED) is 0.623. The highest BCUT2D eigenvalue weighted by molar-refractivity contribution is 7.89. The minimum Gasteiger partial charge on any atom is -0.320 e. The van der Waals surface area contributed by atoms with E-state index in [0.29, 0.717) is 23.5 Å². The van der Waals surface area contributed by atoms with Crippen LogP contribution in [-0.2, 0) is 10.0 Å². The molecule has 1 N–H and O–H groups in total. The Kier molecular flexibility index (Phi) is 6.08. The van der Waals surface area contributed by atoms with Crippen molar-refractivity contribution in [3.8, 4) is 0 Å². The fourth-order valence-electron chi connectivity index (χ4n) is 3.36. The number of hydrogen-bond acceptors (Lipinski definition) is 6. The Hall–Kier alpha value is -2.76. The van der Waals surface area contributed by atoms with Gasteiger partial charge in [0.15, 0.2) is 0 Å². The van der Waals surface area contributed by atoms with Gasteiger partial charge < -0.3 is 5.32 Å². The lowest BCUT2D eigenvalue weighted by Crippen LogP contribution is -2.39. The minimum absolute atomic E-state index is 0.119. The van der Waals surface area contributed by atoms with Crippen molar-refractivity contribution in [3.63, 3.8) is 0 Å². The van der Waals surface area contributed by atoms with Crippen LogP contribution in [0.5, 0.6) is 0 Å². The zero-order valence-corrected chi connectivity index (χ0v) is 17.8. The monoisotopic (exact) mass is 464 g/mol. The topological polar surface area (TPSA) is 92.3 Å². The third-order valence-electron chi connectivity index (χ3n) is 4.92. The molecule has 1 saturated heterocycles. The van der Waals surface area contributed by atoms with E-state index in [9.17, 15) is 22.0 Å². The first-order valence-electron chi connectivity index (χ1n) is 9.49. The molecule has 7 nitrogen and oxygen atoms in total. The van der Waals surface area contributed by atoms with Crippen molar-refractivity contribution in [2.24, 2.45) is 0 Å². The molecule has 31 heavy (non-hydrogen) atoms. The number of nitrogens with one attached hydrogen (secondary N) is 1. The molecule has 2 heterocycles. The maximum Gasteiger partial charge on any atom is 0.286 e. The summed E-state index contributed by atoms with van der Waals surface area (Å²) in [5.41, 5.74) is 0.419. The van der Waals surface area contributed by atoms with Crippen LogP contribution in [0.3, 0.4) is 0 Å². The summed E-state index contributed by atoms with van der Waals surface area (Å²) in [6.45, 7) is 0.411. The van der Waals surface area contributed by atoms with Crippen LogP contribution in [0, 0.1) is 11.6 Å². The molecular formula is C20H18F2N4O3S2. The van der Waals surface area contributed by atoms with E-state index in [1.54, 1.807) is 0 Å². The van der Waals surface area contributed by atoms with E-state index in [0.717, 1.165) is 17.4 Å². The summed E-state index contributed by atoms with van der Waals surface area (Å²) < 4.78 is 54.1. The lowest BCUT2D eigenvalue weighted by atomic mass is 10.0. The van der Waals surface area contributed by atoms with Gasteiger partial charge in [-0.05, 0) is 49.2 Å². The zero-order valence-electron chi connectivity index (χ0n) is 16.2. The summed E-state index contributed by atoms with van der Waals surface area (Å²) in [5, 5.41) is 11.3. The molecule has 0 saturated carbocycles. The van der Waals surface area contributed by atoms with E-state index < -0.39 is 27.6 Å². The maximum atomic E-state index is 14.1. The molecule has 11 heteroatoms. The number of benzene rings is 2. The van der Waals surface area contributed by atoms with Gasteiger partial charge in [-0.1, -0.05) is 23.5 Å². The Morgan fingerprint density at radius 1 is 1.10 bits per heavy atom. The van der Waals surface area contributed by atoms with Crippen LogP contribution < -0.4 is 5.32 Å². The molecular weight excluding hydrogens is 446 g/mol. The summed E-state index contributed by atoms with van der Waals surface area (Å²) >= 11 is 1.08. The van der Waals surface area contributed by atoms with E-state index in [4.69, 9.17) is 0 Å². The predicted octanol–water partition coefficient (Wildman–Crippen LogP) is 3.64. The molecule has 0 unspecified atom stereocenters. The van der Waals surface area contributed by atoms with Crippen LogP contribution in [0.4, 0.5) is 14.5 Å². The van der Waals surface area contributed by atoms with Gasteiger partial charge in [0.05, 0.1) is 0 Å². The molecule has 3 aromatic rings. The molecule has 1 aliphatic rings. The van der Waals surface area contributed by atoms with Crippen LogP contribution in [-0.4, -0.2) is 41.9 Å². The first kappa shape index (κ1) is 21.5. The molecule has 1 fully saturated rings. The highest BCUT2D eigenvalue weighted by atomic mass is 32.2. The number of anilines is 1. The van der Waals surface area contributed by atoms with Gasteiger partial charge in [-0.3, -0.25) is 4.79 Å². The lowest BCUT2D eigenvalue weighted by Gasteiger charge is -2.30. The number of piperidine rings is 1. The normalized spacial score (nSPS) is 17.4. The third kappa shape index (κ3) is 4.63. The first-order chi connectivity index (χ1) is 14.8. The molecule has 0 bridgehead atoms. The number of carbonyl (C=O) groups excluding carboxylic acids is 1. The van der Waals surface area contributed by atoms with Gasteiger partial charge in [0, 0.05) is 24.7 Å². The molecule has 2 aromatic carbocycles. The van der Waals surface area contributed by atoms with Crippen molar-refractivity contribution in [2.45, 2.75) is 23.7 Å². The summed E-state index contributed by atoms with van der Waals surface area (Å²) in [6.07, 6.45) is 1.26. The van der Waals surface area contributed by atoms with E-state index in [-0.39, 0.29) is 28.9 Å². The molecule has 1 aromatic heterocycles. The van der Waals surface area contributed by atoms with Gasteiger partial charge in [-0.25, -0.2) is 17.2 Å². The largest absolute Gasteiger partial charge is 0.320 e. The molecule has 162 valence electrons. The first-order valence-corrected chi connectivity index (χ1v) is 11.8. The zero-order chi connectivity index (χ0) is 22.0. The van der Waals surface area contributed by atoms with E-state index in [2.05, 4.69) is 15.5 Å². The molecule has 0 spiro atoms. The van der Waals surface area contributed by atoms with Gasteiger partial charge in [0.1, 0.15) is 21.5 Å². The smallest absolute Gasteiger partial charge is 0.286 e. The van der Waals surface area contributed by atoms with Crippen molar-refractivity contribution < 1.29 is 22.0 Å². The van der Waals surface area contributed by atoms with Gasteiger partial charge in [0.2, 0.25) is 15.0 Å². The second-order valence-corrected chi connectivity index (χ2v) is 9.95. The van der Waals surface area contributed by atoms with Gasteiger partial charge >= 0.3 is 0 Å². The third-order valence-corrected chi connectivity index (χ3v) is 7.91. The van der Waals surface area contributed by atoms with E-state index in [1.165, 1.54) is 46.8 Å². The number of carbonyl (C=O) groups is 1. The van der Waals surface area contributed by atoms with Gasteiger partial charge in [-0.2, -0.15) is 4.31 Å². The Balaban J connectivity index is 1.48. The molecule has 1 amide bonds. The van der Waals surface area contributed by atoms with Crippen LogP contribution in [0.2, 0.25) is 0 Å². The number of sulfonamides is 1. The Bertz CT molecular complexity index is 1200. The Morgan fingerprint density at radius 3 is 2.58 bits per heavy atom. The number of hydrogen-bond donors (Lipinski definition) is 1. The number of halogens is 2. The second kappa shape index (κ2) is 8.77. The highest BCUT2D eigenvalue weighted by Crippen LogP contribution is 2.32. The van der Waals surface area contributed by atoms with Crippen LogP contribution in [0.1, 0.15) is 33.6 Å². The molecule has 1 aliphatic heterocycles. The van der Waals surface area contributed by atoms with E-state index >= 15 is 0 Å². The van der Waals surface area contributed by atoms with Crippen molar-refractivity contribution >= 4 is 33.0 Å². The van der Waals surface area contributed by atoms with Gasteiger partial charge in [-0.15, -0.1) is 10.2 Å². The summed E-state index contributed by atoms with van der Waals surface area (Å²) in [4.78, 5) is 12.0. The minimum atomic E-state index is -3.98. The summed E-state index contributed by atoms with van der Waals surface area (Å²) in [5.74, 6) is -1.94. The van der Waals surface area contributed by atoms with Crippen LogP contribution in [0.15, 0.2) is 53.4 Å². The fraction of sp³-hybridized carbons (Fsp3) is 0.250. The van der Waals surface area contributed by atoms with Crippen molar-refractivity contribution in [2.75, 3.05) is 18.4 Å². The lowest BCUT2D eigenvalue weighted by molar-refractivity contribution is 0.102. The molecule has 1 atom stereocenters. The SMILES string of the molecule is O=C(Nc1ccc(F)cc1)c1nnc([C@H]2CCCN(S(=O)(=O)c3ccccc3F)C2)s1.